The zero-order chi connectivity index (χ0) is 16.3. The summed E-state index contributed by atoms with van der Waals surface area (Å²) in [6.45, 7) is 13.4. The number of halogens is 1. The fraction of sp³-hybridized carbons (Fsp3) is 0.278. The third-order valence-electron chi connectivity index (χ3n) is 3.84. The molecule has 22 heavy (non-hydrogen) atoms. The first-order valence-corrected chi connectivity index (χ1v) is 7.62. The average Bonchev–Trinajstić information content (AvgIpc) is 2.48. The predicted molar refractivity (Wildman–Crippen MR) is 94.7 cm³/mol. The van der Waals surface area contributed by atoms with Crippen LogP contribution >= 0.6 is 11.6 Å². The molecule has 1 aromatic carbocycles. The normalized spacial score (nSPS) is 11.1. The van der Waals surface area contributed by atoms with Crippen LogP contribution in [0, 0.1) is 13.8 Å². The van der Waals surface area contributed by atoms with Crippen molar-refractivity contribution in [3.63, 3.8) is 0 Å². The molecule has 0 aliphatic carbocycles. The van der Waals surface area contributed by atoms with Crippen molar-refractivity contribution in [3.05, 3.63) is 69.5 Å². The van der Waals surface area contributed by atoms with Crippen molar-refractivity contribution in [3.8, 4) is 0 Å². The fourth-order valence-electron chi connectivity index (χ4n) is 2.62. The Balaban J connectivity index is 2.55. The van der Waals surface area contributed by atoms with Gasteiger partial charge in [-0.3, -0.25) is 9.69 Å². The lowest BCUT2D eigenvalue weighted by atomic mass is 10.1. The van der Waals surface area contributed by atoms with E-state index >= 15 is 0 Å². The van der Waals surface area contributed by atoms with Gasteiger partial charge in [0.1, 0.15) is 0 Å². The van der Waals surface area contributed by atoms with Gasteiger partial charge in [-0.15, -0.1) is 13.2 Å². The second kappa shape index (κ2) is 6.95. The molecule has 0 atom stereocenters. The van der Waals surface area contributed by atoms with E-state index in [1.54, 1.807) is 12.1 Å². The zero-order valence-corrected chi connectivity index (χ0v) is 13.8. The molecule has 2 aromatic rings. The Hall–Kier alpha value is -1.84. The SMILES string of the molecule is C=CCN(CC=C)Cc1c(C)[nH]c2c(C)c(Cl)ccc2c1=O. The quantitative estimate of drug-likeness (QED) is 0.818. The number of pyridine rings is 1. The van der Waals surface area contributed by atoms with Crippen molar-refractivity contribution in [2.24, 2.45) is 0 Å². The Bertz CT molecular complexity index is 767. The van der Waals surface area contributed by atoms with E-state index in [-0.39, 0.29) is 5.43 Å². The standard InChI is InChI=1S/C18H21ClN2O/c1-5-9-21(10-6-2)11-15-13(4)20-17-12(3)16(19)8-7-14(17)18(15)22/h5-8H,1-2,9-11H2,3-4H3,(H,20,22). The minimum atomic E-state index is 0.0594. The summed E-state index contributed by atoms with van der Waals surface area (Å²) in [5, 5.41) is 1.34. The van der Waals surface area contributed by atoms with Gasteiger partial charge in [0.25, 0.3) is 0 Å². The number of rotatable bonds is 6. The van der Waals surface area contributed by atoms with Gasteiger partial charge in [0.2, 0.25) is 0 Å². The van der Waals surface area contributed by atoms with Crippen molar-refractivity contribution >= 4 is 22.5 Å². The molecule has 1 N–H and O–H groups in total. The van der Waals surface area contributed by atoms with E-state index in [4.69, 9.17) is 11.6 Å². The maximum atomic E-state index is 12.8. The number of aryl methyl sites for hydroxylation is 2. The lowest BCUT2D eigenvalue weighted by molar-refractivity contribution is 0.326. The Kier molecular flexibility index (Phi) is 5.22. The molecule has 0 aliphatic rings. The first-order valence-electron chi connectivity index (χ1n) is 7.24. The van der Waals surface area contributed by atoms with Crippen LogP contribution in [0.3, 0.4) is 0 Å². The summed E-state index contributed by atoms with van der Waals surface area (Å²) in [6, 6.07) is 3.57. The van der Waals surface area contributed by atoms with Crippen LogP contribution in [0.15, 0.2) is 42.2 Å². The van der Waals surface area contributed by atoms with Gasteiger partial charge in [0.05, 0.1) is 5.52 Å². The van der Waals surface area contributed by atoms with E-state index in [1.165, 1.54) is 0 Å². The van der Waals surface area contributed by atoms with Crippen LogP contribution in [0.5, 0.6) is 0 Å². The maximum Gasteiger partial charge on any atom is 0.194 e. The van der Waals surface area contributed by atoms with Crippen molar-refractivity contribution in [1.82, 2.24) is 9.88 Å². The molecule has 0 fully saturated rings. The fourth-order valence-corrected chi connectivity index (χ4v) is 2.77. The first-order chi connectivity index (χ1) is 10.5. The van der Waals surface area contributed by atoms with Gasteiger partial charge in [-0.2, -0.15) is 0 Å². The molecule has 1 heterocycles. The van der Waals surface area contributed by atoms with Crippen LogP contribution in [0.2, 0.25) is 5.02 Å². The van der Waals surface area contributed by atoms with E-state index in [1.807, 2.05) is 26.0 Å². The van der Waals surface area contributed by atoms with Gasteiger partial charge in [0, 0.05) is 41.3 Å². The van der Waals surface area contributed by atoms with Crippen LogP contribution in [0.4, 0.5) is 0 Å². The third-order valence-corrected chi connectivity index (χ3v) is 4.25. The third kappa shape index (κ3) is 3.16. The molecule has 3 nitrogen and oxygen atoms in total. The van der Waals surface area contributed by atoms with Gasteiger partial charge in [-0.1, -0.05) is 23.8 Å². The number of hydrogen-bond donors (Lipinski definition) is 1. The molecule has 0 spiro atoms. The predicted octanol–water partition coefficient (Wildman–Crippen LogP) is 3.97. The van der Waals surface area contributed by atoms with Crippen LogP contribution in [-0.2, 0) is 6.54 Å². The van der Waals surface area contributed by atoms with Crippen LogP contribution in [0.25, 0.3) is 10.9 Å². The highest BCUT2D eigenvalue weighted by Gasteiger charge is 2.14. The van der Waals surface area contributed by atoms with Gasteiger partial charge in [0.15, 0.2) is 5.43 Å². The summed E-state index contributed by atoms with van der Waals surface area (Å²) in [4.78, 5) is 18.3. The second-order valence-corrected chi connectivity index (χ2v) is 5.83. The number of hydrogen-bond acceptors (Lipinski definition) is 2. The van der Waals surface area contributed by atoms with Gasteiger partial charge >= 0.3 is 0 Å². The minimum absolute atomic E-state index is 0.0594. The van der Waals surface area contributed by atoms with E-state index in [2.05, 4.69) is 23.0 Å². The molecule has 0 radical (unpaired) electrons. The van der Waals surface area contributed by atoms with Gasteiger partial charge < -0.3 is 4.98 Å². The highest BCUT2D eigenvalue weighted by atomic mass is 35.5. The van der Waals surface area contributed by atoms with Gasteiger partial charge in [-0.05, 0) is 31.5 Å². The molecule has 1 aromatic heterocycles. The lowest BCUT2D eigenvalue weighted by Crippen LogP contribution is -2.28. The Morgan fingerprint density at radius 3 is 2.45 bits per heavy atom. The van der Waals surface area contributed by atoms with Gasteiger partial charge in [-0.25, -0.2) is 0 Å². The molecule has 116 valence electrons. The highest BCUT2D eigenvalue weighted by Crippen LogP contribution is 2.23. The summed E-state index contributed by atoms with van der Waals surface area (Å²) in [6.07, 6.45) is 3.66. The van der Waals surface area contributed by atoms with E-state index in [0.29, 0.717) is 30.0 Å². The van der Waals surface area contributed by atoms with Crippen LogP contribution < -0.4 is 5.43 Å². The summed E-state index contributed by atoms with van der Waals surface area (Å²) < 4.78 is 0. The number of fused-ring (bicyclic) bond motifs is 1. The molecule has 0 amide bonds. The van der Waals surface area contributed by atoms with E-state index in [9.17, 15) is 4.79 Å². The molecule has 4 heteroatoms. The Labute approximate surface area is 135 Å². The zero-order valence-electron chi connectivity index (χ0n) is 13.1. The number of benzene rings is 1. The molecule has 2 rings (SSSR count). The molecule has 0 saturated carbocycles. The van der Waals surface area contributed by atoms with E-state index in [0.717, 1.165) is 22.3 Å². The number of nitrogens with zero attached hydrogens (tertiary/aromatic N) is 1. The minimum Gasteiger partial charge on any atom is -0.358 e. The number of aromatic nitrogens is 1. The number of H-pyrrole nitrogens is 1. The average molecular weight is 317 g/mol. The second-order valence-electron chi connectivity index (χ2n) is 5.42. The summed E-state index contributed by atoms with van der Waals surface area (Å²) >= 11 is 6.15. The van der Waals surface area contributed by atoms with E-state index < -0.39 is 0 Å². The molecule has 0 aliphatic heterocycles. The molecular weight excluding hydrogens is 296 g/mol. The molecule has 0 unspecified atom stereocenters. The Morgan fingerprint density at radius 1 is 1.23 bits per heavy atom. The van der Waals surface area contributed by atoms with Crippen molar-refractivity contribution in [2.75, 3.05) is 13.1 Å². The molecule has 0 saturated heterocycles. The van der Waals surface area contributed by atoms with Crippen molar-refractivity contribution in [1.29, 1.82) is 0 Å². The highest BCUT2D eigenvalue weighted by molar-refractivity contribution is 6.32. The molecule has 0 bridgehead atoms. The number of nitrogens with one attached hydrogen (secondary N) is 1. The summed E-state index contributed by atoms with van der Waals surface area (Å²) in [5.74, 6) is 0. The van der Waals surface area contributed by atoms with Crippen LogP contribution in [0.1, 0.15) is 16.8 Å². The maximum absolute atomic E-state index is 12.8. The number of aromatic amines is 1. The monoisotopic (exact) mass is 316 g/mol. The lowest BCUT2D eigenvalue weighted by Gasteiger charge is -2.20. The van der Waals surface area contributed by atoms with Crippen molar-refractivity contribution < 1.29 is 0 Å². The largest absolute Gasteiger partial charge is 0.358 e. The summed E-state index contributed by atoms with van der Waals surface area (Å²) in [5.41, 5.74) is 3.43. The first kappa shape index (κ1) is 16.5. The Morgan fingerprint density at radius 2 is 1.86 bits per heavy atom. The molecular formula is C18H21ClN2O. The van der Waals surface area contributed by atoms with Crippen LogP contribution in [-0.4, -0.2) is 23.0 Å². The smallest absolute Gasteiger partial charge is 0.194 e. The summed E-state index contributed by atoms with van der Waals surface area (Å²) in [7, 11) is 0. The van der Waals surface area contributed by atoms with Crippen molar-refractivity contribution in [2.45, 2.75) is 20.4 Å². The topological polar surface area (TPSA) is 36.1 Å².